The highest BCUT2D eigenvalue weighted by molar-refractivity contribution is 5.97. The lowest BCUT2D eigenvalue weighted by molar-refractivity contribution is -0.117. The van der Waals surface area contributed by atoms with E-state index in [1.165, 1.54) is 0 Å². The molecule has 1 atom stereocenters. The fraction of sp³-hybridized carbons (Fsp3) is 0.333. The molecule has 2 aromatic carbocycles. The highest BCUT2D eigenvalue weighted by atomic mass is 16.5. The van der Waals surface area contributed by atoms with Crippen molar-refractivity contribution < 1.29 is 14.3 Å². The van der Waals surface area contributed by atoms with Gasteiger partial charge < -0.3 is 14.5 Å². The van der Waals surface area contributed by atoms with Crippen molar-refractivity contribution in [3.05, 3.63) is 60.2 Å². The minimum absolute atomic E-state index is 0.0535. The Balaban J connectivity index is 1.48. The van der Waals surface area contributed by atoms with Crippen LogP contribution in [-0.2, 0) is 4.79 Å². The Hall–Kier alpha value is -2.82. The largest absolute Gasteiger partial charge is 0.497 e. The maximum Gasteiger partial charge on any atom is 0.253 e. The molecule has 26 heavy (non-hydrogen) atoms. The van der Waals surface area contributed by atoms with Gasteiger partial charge in [-0.05, 0) is 42.8 Å². The first-order valence-electron chi connectivity index (χ1n) is 8.89. The fourth-order valence-electron chi connectivity index (χ4n) is 4.04. The lowest BCUT2D eigenvalue weighted by Crippen LogP contribution is -2.34. The van der Waals surface area contributed by atoms with Crippen LogP contribution in [0.4, 0.5) is 5.69 Å². The van der Waals surface area contributed by atoms with Gasteiger partial charge in [0.1, 0.15) is 5.75 Å². The number of methoxy groups -OCH3 is 1. The van der Waals surface area contributed by atoms with E-state index in [0.29, 0.717) is 31.6 Å². The van der Waals surface area contributed by atoms with Crippen LogP contribution < -0.4 is 9.64 Å². The highest BCUT2D eigenvalue weighted by Crippen LogP contribution is 2.42. The molecule has 1 spiro atoms. The topological polar surface area (TPSA) is 49.9 Å². The second kappa shape index (κ2) is 6.48. The van der Waals surface area contributed by atoms with Crippen LogP contribution in [0.2, 0.25) is 0 Å². The third-order valence-electron chi connectivity index (χ3n) is 5.45. The third kappa shape index (κ3) is 2.94. The predicted octanol–water partition coefficient (Wildman–Crippen LogP) is 2.96. The second-order valence-corrected chi connectivity index (χ2v) is 7.20. The number of carbonyl (C=O) groups excluding carboxylic acids is 2. The molecule has 0 radical (unpaired) electrons. The third-order valence-corrected chi connectivity index (χ3v) is 5.45. The van der Waals surface area contributed by atoms with Crippen LogP contribution in [0, 0.1) is 5.41 Å². The van der Waals surface area contributed by atoms with Gasteiger partial charge in [0.25, 0.3) is 5.91 Å². The molecule has 2 aromatic rings. The molecule has 0 bridgehead atoms. The van der Waals surface area contributed by atoms with E-state index < -0.39 is 0 Å². The van der Waals surface area contributed by atoms with Crippen LogP contribution in [0.3, 0.4) is 0 Å². The summed E-state index contributed by atoms with van der Waals surface area (Å²) in [6, 6.07) is 16.9. The minimum atomic E-state index is -0.137. The van der Waals surface area contributed by atoms with Crippen LogP contribution >= 0.6 is 0 Å². The van der Waals surface area contributed by atoms with Crippen LogP contribution in [0.1, 0.15) is 23.2 Å². The summed E-state index contributed by atoms with van der Waals surface area (Å²) in [7, 11) is 1.63. The number of rotatable bonds is 3. The molecular formula is C21H22N2O3. The smallest absolute Gasteiger partial charge is 0.253 e. The van der Waals surface area contributed by atoms with E-state index in [0.717, 1.165) is 17.9 Å². The van der Waals surface area contributed by atoms with Crippen LogP contribution in [0.15, 0.2) is 54.6 Å². The number of ether oxygens (including phenoxy) is 1. The Bertz CT molecular complexity index is 819. The molecule has 0 aliphatic carbocycles. The molecule has 4 rings (SSSR count). The Morgan fingerprint density at radius 3 is 2.46 bits per heavy atom. The monoisotopic (exact) mass is 350 g/mol. The molecule has 0 N–H and O–H groups in total. The van der Waals surface area contributed by atoms with E-state index in [1.807, 2.05) is 64.4 Å². The van der Waals surface area contributed by atoms with Crippen molar-refractivity contribution in [3.8, 4) is 5.75 Å². The van der Waals surface area contributed by atoms with E-state index in [2.05, 4.69) is 0 Å². The van der Waals surface area contributed by atoms with E-state index >= 15 is 0 Å². The average molecular weight is 350 g/mol. The Kier molecular flexibility index (Phi) is 4.15. The number of amides is 2. The van der Waals surface area contributed by atoms with Gasteiger partial charge in [-0.1, -0.05) is 18.2 Å². The summed E-state index contributed by atoms with van der Waals surface area (Å²) in [5.74, 6) is 0.956. The van der Waals surface area contributed by atoms with E-state index in [4.69, 9.17) is 4.74 Å². The quantitative estimate of drug-likeness (QED) is 0.855. The number of anilines is 1. The molecule has 2 aliphatic heterocycles. The Labute approximate surface area is 153 Å². The SMILES string of the molecule is COc1ccc(N2CC3(CCN(C(=O)c4ccccc4)C3)CC2=O)cc1. The Morgan fingerprint density at radius 1 is 1.04 bits per heavy atom. The first-order valence-corrected chi connectivity index (χ1v) is 8.89. The number of benzene rings is 2. The molecule has 2 fully saturated rings. The van der Waals surface area contributed by atoms with Gasteiger partial charge in [-0.2, -0.15) is 0 Å². The predicted molar refractivity (Wildman–Crippen MR) is 99.4 cm³/mol. The van der Waals surface area contributed by atoms with E-state index in [1.54, 1.807) is 7.11 Å². The zero-order valence-electron chi connectivity index (χ0n) is 14.9. The van der Waals surface area contributed by atoms with Crippen molar-refractivity contribution in [2.45, 2.75) is 12.8 Å². The standard InChI is InChI=1S/C21H22N2O3/c1-26-18-9-7-17(8-10-18)23-15-21(13-19(23)24)11-12-22(14-21)20(25)16-5-3-2-4-6-16/h2-10H,11-15H2,1H3. The minimum Gasteiger partial charge on any atom is -0.497 e. The summed E-state index contributed by atoms with van der Waals surface area (Å²) in [6.07, 6.45) is 1.36. The number of hydrogen-bond acceptors (Lipinski definition) is 3. The van der Waals surface area contributed by atoms with Gasteiger partial charge in [-0.15, -0.1) is 0 Å². The lowest BCUT2D eigenvalue weighted by atomic mass is 9.86. The van der Waals surface area contributed by atoms with Crippen molar-refractivity contribution in [1.82, 2.24) is 4.90 Å². The van der Waals surface area contributed by atoms with Crippen LogP contribution in [0.25, 0.3) is 0 Å². The normalized spacial score (nSPS) is 22.3. The summed E-state index contributed by atoms with van der Waals surface area (Å²) >= 11 is 0. The van der Waals surface area contributed by atoms with E-state index in [9.17, 15) is 9.59 Å². The van der Waals surface area contributed by atoms with Gasteiger partial charge in [-0.3, -0.25) is 9.59 Å². The fourth-order valence-corrected chi connectivity index (χ4v) is 4.04. The van der Waals surface area contributed by atoms with Crippen molar-refractivity contribution in [2.24, 2.45) is 5.41 Å². The molecule has 134 valence electrons. The average Bonchev–Trinajstić information content (AvgIpc) is 3.25. The summed E-state index contributed by atoms with van der Waals surface area (Å²) in [5.41, 5.74) is 1.46. The molecule has 2 aliphatic rings. The molecular weight excluding hydrogens is 328 g/mol. The van der Waals surface area contributed by atoms with Crippen LogP contribution in [0.5, 0.6) is 5.75 Å². The molecule has 5 heteroatoms. The lowest BCUT2D eigenvalue weighted by Gasteiger charge is -2.24. The van der Waals surface area contributed by atoms with Gasteiger partial charge in [0, 0.05) is 42.7 Å². The zero-order chi connectivity index (χ0) is 18.1. The molecule has 1 unspecified atom stereocenters. The molecule has 0 saturated carbocycles. The van der Waals surface area contributed by atoms with Gasteiger partial charge in [0.15, 0.2) is 0 Å². The van der Waals surface area contributed by atoms with Crippen molar-refractivity contribution in [2.75, 3.05) is 31.6 Å². The molecule has 2 amide bonds. The summed E-state index contributed by atoms with van der Waals surface area (Å²) in [4.78, 5) is 29.1. The van der Waals surface area contributed by atoms with Crippen molar-refractivity contribution >= 4 is 17.5 Å². The highest BCUT2D eigenvalue weighted by Gasteiger charge is 2.48. The maximum absolute atomic E-state index is 12.7. The molecule has 5 nitrogen and oxygen atoms in total. The Morgan fingerprint density at radius 2 is 1.77 bits per heavy atom. The van der Waals surface area contributed by atoms with Crippen molar-refractivity contribution in [1.29, 1.82) is 0 Å². The number of hydrogen-bond donors (Lipinski definition) is 0. The first kappa shape index (κ1) is 16.6. The summed E-state index contributed by atoms with van der Waals surface area (Å²) in [5, 5.41) is 0. The molecule has 2 saturated heterocycles. The number of carbonyl (C=O) groups is 2. The number of nitrogens with zero attached hydrogens (tertiary/aromatic N) is 2. The van der Waals surface area contributed by atoms with Gasteiger partial charge in [0.2, 0.25) is 5.91 Å². The zero-order valence-corrected chi connectivity index (χ0v) is 14.9. The van der Waals surface area contributed by atoms with Crippen LogP contribution in [-0.4, -0.2) is 43.5 Å². The molecule has 2 heterocycles. The van der Waals surface area contributed by atoms with Gasteiger partial charge in [0.05, 0.1) is 7.11 Å². The maximum atomic E-state index is 12.7. The summed E-state index contributed by atoms with van der Waals surface area (Å²) in [6.45, 7) is 2.01. The van der Waals surface area contributed by atoms with Gasteiger partial charge in [-0.25, -0.2) is 0 Å². The van der Waals surface area contributed by atoms with Gasteiger partial charge >= 0.3 is 0 Å². The first-order chi connectivity index (χ1) is 12.6. The summed E-state index contributed by atoms with van der Waals surface area (Å²) < 4.78 is 5.19. The number of likely N-dealkylation sites (tertiary alicyclic amines) is 1. The second-order valence-electron chi connectivity index (χ2n) is 7.20. The van der Waals surface area contributed by atoms with E-state index in [-0.39, 0.29) is 17.2 Å². The van der Waals surface area contributed by atoms with Crippen molar-refractivity contribution in [3.63, 3.8) is 0 Å². The molecule has 0 aromatic heterocycles.